The highest BCUT2D eigenvalue weighted by Gasteiger charge is 2.34. The Morgan fingerprint density at radius 1 is 1.21 bits per heavy atom. The van der Waals surface area contributed by atoms with E-state index in [4.69, 9.17) is 15.0 Å². The smallest absolute Gasteiger partial charge is 0.238 e. The summed E-state index contributed by atoms with van der Waals surface area (Å²) in [7, 11) is 0. The fraction of sp³-hybridized carbons (Fsp3) is 0.667. The van der Waals surface area contributed by atoms with Crippen LogP contribution in [0.5, 0.6) is 0 Å². The molecule has 24 heavy (non-hydrogen) atoms. The molecule has 0 aliphatic carbocycles. The fourth-order valence-electron chi connectivity index (χ4n) is 3.28. The van der Waals surface area contributed by atoms with Gasteiger partial charge >= 0.3 is 0 Å². The Hall–Kier alpha value is -1.76. The molecule has 4 heterocycles. The van der Waals surface area contributed by atoms with Crippen LogP contribution in [0.1, 0.15) is 6.42 Å². The summed E-state index contributed by atoms with van der Waals surface area (Å²) >= 11 is 1.69. The fourth-order valence-corrected chi connectivity index (χ4v) is 4.33. The Morgan fingerprint density at radius 2 is 2.08 bits per heavy atom. The number of nitrogens with zero attached hydrogens (tertiary/aromatic N) is 7. The molecule has 9 heteroatoms. The van der Waals surface area contributed by atoms with Gasteiger partial charge in [0.1, 0.15) is 5.82 Å². The van der Waals surface area contributed by atoms with E-state index in [-0.39, 0.29) is 0 Å². The molecule has 8 nitrogen and oxygen atoms in total. The zero-order chi connectivity index (χ0) is 16.4. The molecule has 0 bridgehead atoms. The minimum atomic E-state index is 0.432. The lowest BCUT2D eigenvalue weighted by Gasteiger charge is -2.28. The number of nitriles is 1. The number of rotatable bonds is 3. The van der Waals surface area contributed by atoms with Crippen LogP contribution in [-0.4, -0.2) is 77.7 Å². The lowest BCUT2D eigenvalue weighted by molar-refractivity contribution is 0.122. The second-order valence-corrected chi connectivity index (χ2v) is 7.20. The first-order chi connectivity index (χ1) is 11.8. The van der Waals surface area contributed by atoms with Crippen molar-refractivity contribution in [3.63, 3.8) is 0 Å². The molecule has 3 aliphatic heterocycles. The third-order valence-corrected chi connectivity index (χ3v) is 5.86. The zero-order valence-electron chi connectivity index (χ0n) is 13.5. The van der Waals surface area contributed by atoms with E-state index in [0.717, 1.165) is 70.7 Å². The summed E-state index contributed by atoms with van der Waals surface area (Å²) in [5, 5.41) is 9.02. The van der Waals surface area contributed by atoms with Crippen LogP contribution < -0.4 is 9.21 Å². The second-order valence-electron chi connectivity index (χ2n) is 6.13. The van der Waals surface area contributed by atoms with Crippen molar-refractivity contribution >= 4 is 23.9 Å². The molecule has 3 fully saturated rings. The van der Waals surface area contributed by atoms with Crippen LogP contribution in [0.2, 0.25) is 0 Å². The molecule has 1 aromatic heterocycles. The Morgan fingerprint density at radius 3 is 2.88 bits per heavy atom. The lowest BCUT2D eigenvalue weighted by atomic mass is 10.2. The van der Waals surface area contributed by atoms with Crippen molar-refractivity contribution in [1.82, 2.24) is 19.2 Å². The summed E-state index contributed by atoms with van der Waals surface area (Å²) in [6.07, 6.45) is 5.13. The van der Waals surface area contributed by atoms with E-state index in [1.807, 2.05) is 17.2 Å². The Kier molecular flexibility index (Phi) is 4.60. The number of anilines is 2. The average Bonchev–Trinajstić information content (AvgIpc) is 3.32. The van der Waals surface area contributed by atoms with Gasteiger partial charge in [0.15, 0.2) is 6.19 Å². The zero-order valence-corrected chi connectivity index (χ0v) is 14.4. The minimum absolute atomic E-state index is 0.432. The van der Waals surface area contributed by atoms with E-state index in [1.54, 1.807) is 12.1 Å². The first-order valence-electron chi connectivity index (χ1n) is 8.36. The van der Waals surface area contributed by atoms with Gasteiger partial charge in [-0.3, -0.25) is 4.31 Å². The van der Waals surface area contributed by atoms with Crippen LogP contribution >= 0.6 is 12.1 Å². The standard InChI is InChI=1S/C15H21N7OS/c16-12-19-4-2-13(11-19)21-5-6-22(24-21)15-17-3-1-14(18-15)20-7-9-23-10-8-20/h1,3,13H,2,4-11H2. The van der Waals surface area contributed by atoms with Gasteiger partial charge < -0.3 is 14.5 Å². The van der Waals surface area contributed by atoms with E-state index in [1.165, 1.54) is 0 Å². The van der Waals surface area contributed by atoms with Crippen LogP contribution in [-0.2, 0) is 4.74 Å². The van der Waals surface area contributed by atoms with Gasteiger partial charge in [-0.05, 0) is 12.5 Å². The number of hydrogen-bond donors (Lipinski definition) is 0. The molecule has 0 radical (unpaired) electrons. The maximum absolute atomic E-state index is 9.02. The number of morpholine rings is 1. The van der Waals surface area contributed by atoms with Crippen molar-refractivity contribution in [1.29, 1.82) is 5.26 Å². The van der Waals surface area contributed by atoms with E-state index < -0.39 is 0 Å². The number of hydrogen-bond acceptors (Lipinski definition) is 9. The molecule has 0 aromatic carbocycles. The molecule has 0 spiro atoms. The van der Waals surface area contributed by atoms with Crippen molar-refractivity contribution in [3.05, 3.63) is 12.3 Å². The van der Waals surface area contributed by atoms with Crippen LogP contribution in [0.25, 0.3) is 0 Å². The molecular weight excluding hydrogens is 326 g/mol. The highest BCUT2D eigenvalue weighted by atomic mass is 32.2. The maximum atomic E-state index is 9.02. The molecule has 0 saturated carbocycles. The van der Waals surface area contributed by atoms with Gasteiger partial charge in [0.05, 0.1) is 13.2 Å². The van der Waals surface area contributed by atoms with Crippen molar-refractivity contribution in [2.45, 2.75) is 12.5 Å². The molecule has 3 aliphatic rings. The third-order valence-electron chi connectivity index (χ3n) is 4.63. The van der Waals surface area contributed by atoms with Gasteiger partial charge in [-0.15, -0.1) is 0 Å². The van der Waals surface area contributed by atoms with Crippen LogP contribution in [0, 0.1) is 11.5 Å². The van der Waals surface area contributed by atoms with Gasteiger partial charge in [-0.2, -0.15) is 10.2 Å². The molecule has 1 aromatic rings. The van der Waals surface area contributed by atoms with Gasteiger partial charge in [0, 0.05) is 63.6 Å². The molecule has 0 amide bonds. The molecule has 3 saturated heterocycles. The first kappa shape index (κ1) is 15.7. The van der Waals surface area contributed by atoms with Crippen molar-refractivity contribution in [2.75, 3.05) is 61.7 Å². The monoisotopic (exact) mass is 347 g/mol. The van der Waals surface area contributed by atoms with E-state index in [9.17, 15) is 0 Å². The summed E-state index contributed by atoms with van der Waals surface area (Å²) in [5.74, 6) is 1.74. The maximum Gasteiger partial charge on any atom is 0.238 e. The third kappa shape index (κ3) is 3.22. The highest BCUT2D eigenvalue weighted by Crippen LogP contribution is 2.32. The lowest BCUT2D eigenvalue weighted by Crippen LogP contribution is -2.37. The predicted octanol–water partition coefficient (Wildman–Crippen LogP) is 0.554. The summed E-state index contributed by atoms with van der Waals surface area (Å²) < 4.78 is 9.92. The van der Waals surface area contributed by atoms with Crippen LogP contribution in [0.3, 0.4) is 0 Å². The second kappa shape index (κ2) is 7.01. The largest absolute Gasteiger partial charge is 0.378 e. The van der Waals surface area contributed by atoms with E-state index in [2.05, 4.69) is 24.7 Å². The van der Waals surface area contributed by atoms with Gasteiger partial charge in [-0.1, -0.05) is 0 Å². The molecular formula is C15H21N7OS. The summed E-state index contributed by atoms with van der Waals surface area (Å²) in [4.78, 5) is 13.3. The minimum Gasteiger partial charge on any atom is -0.378 e. The van der Waals surface area contributed by atoms with Gasteiger partial charge in [0.25, 0.3) is 0 Å². The van der Waals surface area contributed by atoms with Crippen molar-refractivity contribution in [2.24, 2.45) is 0 Å². The van der Waals surface area contributed by atoms with Gasteiger partial charge in [-0.25, -0.2) is 9.29 Å². The highest BCUT2D eigenvalue weighted by molar-refractivity contribution is 7.98. The quantitative estimate of drug-likeness (QED) is 0.576. The van der Waals surface area contributed by atoms with Crippen molar-refractivity contribution in [3.8, 4) is 6.19 Å². The molecule has 1 atom stereocenters. The Labute approximate surface area is 146 Å². The number of aromatic nitrogens is 2. The topological polar surface area (TPSA) is 71.8 Å². The van der Waals surface area contributed by atoms with E-state index in [0.29, 0.717) is 6.04 Å². The first-order valence-corrected chi connectivity index (χ1v) is 9.09. The molecule has 1 unspecified atom stereocenters. The Bertz CT molecular complexity index is 618. The molecule has 0 N–H and O–H groups in total. The van der Waals surface area contributed by atoms with E-state index >= 15 is 0 Å². The molecule has 128 valence electrons. The summed E-state index contributed by atoms with van der Waals surface area (Å²) in [6, 6.07) is 2.40. The molecule has 4 rings (SSSR count). The van der Waals surface area contributed by atoms with Crippen molar-refractivity contribution < 1.29 is 4.74 Å². The average molecular weight is 347 g/mol. The SMILES string of the molecule is N#CN1CCC(N2CCN(c3nccc(N4CCOCC4)n3)S2)C1. The Balaban J connectivity index is 1.41. The van der Waals surface area contributed by atoms with Crippen LogP contribution in [0.4, 0.5) is 11.8 Å². The number of ether oxygens (including phenoxy) is 1. The normalized spacial score (nSPS) is 25.3. The number of likely N-dealkylation sites (tertiary alicyclic amines) is 1. The summed E-state index contributed by atoms with van der Waals surface area (Å²) in [6.45, 7) is 6.82. The van der Waals surface area contributed by atoms with Crippen LogP contribution in [0.15, 0.2) is 12.3 Å². The predicted molar refractivity (Wildman–Crippen MR) is 92.3 cm³/mol. The summed E-state index contributed by atoms with van der Waals surface area (Å²) in [5.41, 5.74) is 0. The van der Waals surface area contributed by atoms with Gasteiger partial charge in [0.2, 0.25) is 5.95 Å².